The zero-order chi connectivity index (χ0) is 9.26. The van der Waals surface area contributed by atoms with Crippen molar-refractivity contribution in [3.05, 3.63) is 12.2 Å². The third-order valence-electron chi connectivity index (χ3n) is 2.62. The van der Waals surface area contributed by atoms with E-state index in [1.165, 1.54) is 19.3 Å². The molecule has 4 heteroatoms. The molecule has 1 saturated carbocycles. The zero-order valence-electron chi connectivity index (χ0n) is 7.98. The Morgan fingerprint density at radius 2 is 2.46 bits per heavy atom. The van der Waals surface area contributed by atoms with Crippen LogP contribution in [0, 0.1) is 0 Å². The van der Waals surface area contributed by atoms with Gasteiger partial charge in [-0.2, -0.15) is 0 Å². The first-order valence-corrected chi connectivity index (χ1v) is 4.91. The van der Waals surface area contributed by atoms with Gasteiger partial charge in [0.1, 0.15) is 12.2 Å². The van der Waals surface area contributed by atoms with E-state index in [1.54, 1.807) is 0 Å². The van der Waals surface area contributed by atoms with E-state index >= 15 is 0 Å². The average Bonchev–Trinajstić information content (AvgIpc) is 2.32. The Kier molecular flexibility index (Phi) is 2.31. The van der Waals surface area contributed by atoms with Crippen LogP contribution in [0.4, 0.5) is 0 Å². The van der Waals surface area contributed by atoms with Crippen LogP contribution in [-0.2, 0) is 6.42 Å². The van der Waals surface area contributed by atoms with Gasteiger partial charge >= 0.3 is 0 Å². The summed E-state index contributed by atoms with van der Waals surface area (Å²) in [6.45, 7) is 2.00. The number of hydrogen-bond acceptors (Lipinski definition) is 3. The van der Waals surface area contributed by atoms with E-state index in [4.69, 9.17) is 5.73 Å². The maximum atomic E-state index is 5.73. The van der Waals surface area contributed by atoms with Gasteiger partial charge in [-0.15, -0.1) is 10.2 Å². The van der Waals surface area contributed by atoms with Gasteiger partial charge in [0.15, 0.2) is 0 Å². The van der Waals surface area contributed by atoms with Crippen molar-refractivity contribution in [2.24, 2.45) is 5.73 Å². The molecule has 1 aliphatic rings. The largest absolute Gasteiger partial charge is 0.328 e. The van der Waals surface area contributed by atoms with Gasteiger partial charge in [-0.3, -0.25) is 0 Å². The quantitative estimate of drug-likeness (QED) is 0.751. The minimum Gasteiger partial charge on any atom is -0.328 e. The van der Waals surface area contributed by atoms with Crippen molar-refractivity contribution in [3.63, 3.8) is 0 Å². The lowest BCUT2D eigenvalue weighted by Crippen LogP contribution is -2.24. The van der Waals surface area contributed by atoms with Gasteiger partial charge in [-0.1, -0.05) is 0 Å². The maximum Gasteiger partial charge on any atom is 0.134 e. The molecule has 1 atom stereocenters. The molecule has 0 aromatic carbocycles. The normalized spacial score (nSPS) is 19.8. The molecule has 1 aromatic heterocycles. The highest BCUT2D eigenvalue weighted by Crippen LogP contribution is 2.31. The van der Waals surface area contributed by atoms with E-state index < -0.39 is 0 Å². The predicted octanol–water partition coefficient (Wildman–Crippen LogP) is 0.893. The minimum atomic E-state index is 0.169. The van der Waals surface area contributed by atoms with Crippen molar-refractivity contribution in [2.45, 2.75) is 44.7 Å². The lowest BCUT2D eigenvalue weighted by atomic mass is 9.93. The number of hydrogen-bond donors (Lipinski definition) is 1. The molecule has 1 unspecified atom stereocenters. The molecule has 2 rings (SSSR count). The van der Waals surface area contributed by atoms with E-state index in [2.05, 4.69) is 14.8 Å². The SMILES string of the molecule is CC(N)Cc1nncn1C1CCC1. The van der Waals surface area contributed by atoms with Gasteiger partial charge in [0.2, 0.25) is 0 Å². The van der Waals surface area contributed by atoms with Crippen LogP contribution < -0.4 is 5.73 Å². The Labute approximate surface area is 78.1 Å². The number of nitrogens with zero attached hydrogens (tertiary/aromatic N) is 3. The molecule has 0 radical (unpaired) electrons. The lowest BCUT2D eigenvalue weighted by molar-refractivity contribution is 0.304. The van der Waals surface area contributed by atoms with Gasteiger partial charge in [0, 0.05) is 18.5 Å². The van der Waals surface area contributed by atoms with E-state index in [0.717, 1.165) is 12.2 Å². The van der Waals surface area contributed by atoms with Crippen molar-refractivity contribution in [2.75, 3.05) is 0 Å². The molecule has 1 heterocycles. The monoisotopic (exact) mass is 180 g/mol. The molecule has 0 amide bonds. The van der Waals surface area contributed by atoms with E-state index in [0.29, 0.717) is 6.04 Å². The summed E-state index contributed by atoms with van der Waals surface area (Å²) in [5, 5.41) is 8.03. The summed E-state index contributed by atoms with van der Waals surface area (Å²) in [6.07, 6.45) is 6.53. The van der Waals surface area contributed by atoms with Gasteiger partial charge in [0.05, 0.1) is 0 Å². The fourth-order valence-corrected chi connectivity index (χ4v) is 1.67. The van der Waals surface area contributed by atoms with E-state index in [1.807, 2.05) is 13.3 Å². The summed E-state index contributed by atoms with van der Waals surface area (Å²) < 4.78 is 2.19. The molecular formula is C9H16N4. The standard InChI is InChI=1S/C9H16N4/c1-7(10)5-9-12-11-6-13(9)8-3-2-4-8/h6-8H,2-5,10H2,1H3. The van der Waals surface area contributed by atoms with Gasteiger partial charge < -0.3 is 10.3 Å². The number of rotatable bonds is 3. The van der Waals surface area contributed by atoms with Crippen LogP contribution in [0.3, 0.4) is 0 Å². The summed E-state index contributed by atoms with van der Waals surface area (Å²) in [5.41, 5.74) is 5.73. The first-order valence-electron chi connectivity index (χ1n) is 4.91. The summed E-state index contributed by atoms with van der Waals surface area (Å²) >= 11 is 0. The molecular weight excluding hydrogens is 164 g/mol. The smallest absolute Gasteiger partial charge is 0.134 e. The average molecular weight is 180 g/mol. The first kappa shape index (κ1) is 8.69. The van der Waals surface area contributed by atoms with Crippen molar-refractivity contribution in [3.8, 4) is 0 Å². The molecule has 0 saturated heterocycles. The van der Waals surface area contributed by atoms with Crippen molar-refractivity contribution in [1.82, 2.24) is 14.8 Å². The Bertz CT molecular complexity index is 275. The Morgan fingerprint density at radius 3 is 3.00 bits per heavy atom. The van der Waals surface area contributed by atoms with E-state index in [9.17, 15) is 0 Å². The first-order chi connectivity index (χ1) is 6.27. The third-order valence-corrected chi connectivity index (χ3v) is 2.62. The fourth-order valence-electron chi connectivity index (χ4n) is 1.67. The van der Waals surface area contributed by atoms with E-state index in [-0.39, 0.29) is 6.04 Å². The van der Waals surface area contributed by atoms with Gasteiger partial charge in [0.25, 0.3) is 0 Å². The molecule has 1 aliphatic carbocycles. The van der Waals surface area contributed by atoms with Crippen molar-refractivity contribution >= 4 is 0 Å². The minimum absolute atomic E-state index is 0.169. The highest BCUT2D eigenvalue weighted by Gasteiger charge is 2.22. The molecule has 72 valence electrons. The second-order valence-electron chi connectivity index (χ2n) is 3.92. The second-order valence-corrected chi connectivity index (χ2v) is 3.92. The van der Waals surface area contributed by atoms with Crippen LogP contribution in [0.15, 0.2) is 6.33 Å². The molecule has 13 heavy (non-hydrogen) atoms. The van der Waals surface area contributed by atoms with Crippen LogP contribution >= 0.6 is 0 Å². The number of aromatic nitrogens is 3. The highest BCUT2D eigenvalue weighted by molar-refractivity contribution is 4.94. The molecule has 4 nitrogen and oxygen atoms in total. The Hall–Kier alpha value is -0.900. The summed E-state index contributed by atoms with van der Waals surface area (Å²) in [6, 6.07) is 0.812. The second kappa shape index (κ2) is 3.46. The Balaban J connectivity index is 2.10. The third kappa shape index (κ3) is 1.72. The van der Waals surface area contributed by atoms with Crippen LogP contribution in [0.25, 0.3) is 0 Å². The maximum absolute atomic E-state index is 5.73. The molecule has 1 aromatic rings. The summed E-state index contributed by atoms with van der Waals surface area (Å²) in [4.78, 5) is 0. The fraction of sp³-hybridized carbons (Fsp3) is 0.778. The molecule has 1 fully saturated rings. The zero-order valence-corrected chi connectivity index (χ0v) is 7.98. The van der Waals surface area contributed by atoms with Crippen LogP contribution in [-0.4, -0.2) is 20.8 Å². The lowest BCUT2D eigenvalue weighted by Gasteiger charge is -2.27. The van der Waals surface area contributed by atoms with Gasteiger partial charge in [-0.05, 0) is 26.2 Å². The Morgan fingerprint density at radius 1 is 1.69 bits per heavy atom. The molecule has 2 N–H and O–H groups in total. The summed E-state index contributed by atoms with van der Waals surface area (Å²) in [5.74, 6) is 1.04. The topological polar surface area (TPSA) is 56.7 Å². The van der Waals surface area contributed by atoms with Crippen molar-refractivity contribution < 1.29 is 0 Å². The van der Waals surface area contributed by atoms with Crippen LogP contribution in [0.2, 0.25) is 0 Å². The summed E-state index contributed by atoms with van der Waals surface area (Å²) in [7, 11) is 0. The highest BCUT2D eigenvalue weighted by atomic mass is 15.3. The predicted molar refractivity (Wildman–Crippen MR) is 50.3 cm³/mol. The van der Waals surface area contributed by atoms with Crippen molar-refractivity contribution in [1.29, 1.82) is 0 Å². The molecule has 0 aliphatic heterocycles. The molecule has 0 spiro atoms. The number of nitrogens with two attached hydrogens (primary N) is 1. The van der Waals surface area contributed by atoms with Gasteiger partial charge in [-0.25, -0.2) is 0 Å². The molecule has 0 bridgehead atoms. The van der Waals surface area contributed by atoms with Crippen LogP contribution in [0.1, 0.15) is 38.1 Å². The van der Waals surface area contributed by atoms with Crippen LogP contribution in [0.5, 0.6) is 0 Å².